The van der Waals surface area contributed by atoms with Gasteiger partial charge in [-0.05, 0) is 35.7 Å². The van der Waals surface area contributed by atoms with E-state index in [1.807, 2.05) is 42.5 Å². The van der Waals surface area contributed by atoms with Gasteiger partial charge < -0.3 is 9.80 Å². The third-order valence-corrected chi connectivity index (χ3v) is 4.67. The van der Waals surface area contributed by atoms with Crippen LogP contribution in [-0.4, -0.2) is 52.2 Å². The third kappa shape index (κ3) is 5.48. The van der Waals surface area contributed by atoms with Crippen molar-refractivity contribution in [3.63, 3.8) is 0 Å². The lowest BCUT2D eigenvalue weighted by Gasteiger charge is -2.19. The van der Waals surface area contributed by atoms with Crippen LogP contribution in [0.4, 0.5) is 0 Å². The van der Waals surface area contributed by atoms with Gasteiger partial charge in [-0.15, -0.1) is 0 Å². The maximum atomic E-state index is 12.8. The van der Waals surface area contributed by atoms with Crippen LogP contribution in [0.1, 0.15) is 31.8 Å². The van der Waals surface area contributed by atoms with Gasteiger partial charge in [-0.2, -0.15) is 0 Å². The number of carbonyl (C=O) groups excluding carboxylic acids is 2. The highest BCUT2D eigenvalue weighted by molar-refractivity contribution is 5.99. The molecule has 0 aliphatic carbocycles. The number of aromatic nitrogens is 2. The molecule has 29 heavy (non-hydrogen) atoms. The van der Waals surface area contributed by atoms with E-state index in [0.717, 1.165) is 17.5 Å². The van der Waals surface area contributed by atoms with Crippen LogP contribution < -0.4 is 0 Å². The van der Waals surface area contributed by atoms with E-state index in [1.165, 1.54) is 12.4 Å². The number of likely N-dealkylation sites (N-methyl/N-ethyl adjacent to an activating group) is 1. The summed E-state index contributed by atoms with van der Waals surface area (Å²) in [4.78, 5) is 36.9. The third-order valence-electron chi connectivity index (χ3n) is 4.67. The number of carbonyl (C=O) groups is 2. The summed E-state index contributed by atoms with van der Waals surface area (Å²) in [5.74, 6) is -0.331. The van der Waals surface area contributed by atoms with Crippen LogP contribution in [0.2, 0.25) is 0 Å². The Labute approximate surface area is 170 Å². The van der Waals surface area contributed by atoms with Crippen LogP contribution in [0.3, 0.4) is 0 Å². The zero-order valence-corrected chi connectivity index (χ0v) is 16.7. The van der Waals surface area contributed by atoms with Crippen molar-refractivity contribution >= 4 is 11.8 Å². The molecule has 0 bridgehead atoms. The molecule has 2 heterocycles. The first kappa shape index (κ1) is 20.2. The number of nitrogens with zero attached hydrogens (tertiary/aromatic N) is 4. The Morgan fingerprint density at radius 1 is 0.793 bits per heavy atom. The molecule has 0 aliphatic rings. The topological polar surface area (TPSA) is 66.4 Å². The fraction of sp³-hybridized carbons (Fsp3) is 0.217. The highest BCUT2D eigenvalue weighted by Crippen LogP contribution is 2.11. The molecule has 0 saturated carbocycles. The van der Waals surface area contributed by atoms with Crippen LogP contribution >= 0.6 is 0 Å². The van der Waals surface area contributed by atoms with Crippen molar-refractivity contribution in [2.75, 3.05) is 20.6 Å². The van der Waals surface area contributed by atoms with Crippen LogP contribution in [0, 0.1) is 0 Å². The van der Waals surface area contributed by atoms with Gasteiger partial charge in [0.1, 0.15) is 0 Å². The molecule has 3 aromatic rings. The molecular formula is C23H24N4O2. The molecule has 0 spiro atoms. The molecule has 0 aliphatic heterocycles. The Morgan fingerprint density at radius 3 is 2.07 bits per heavy atom. The first-order valence-electron chi connectivity index (χ1n) is 9.43. The van der Waals surface area contributed by atoms with E-state index in [9.17, 15) is 9.59 Å². The summed E-state index contributed by atoms with van der Waals surface area (Å²) in [5, 5.41) is 0. The van der Waals surface area contributed by atoms with Crippen LogP contribution in [-0.2, 0) is 13.0 Å². The van der Waals surface area contributed by atoms with E-state index in [4.69, 9.17) is 0 Å². The minimum Gasteiger partial charge on any atom is -0.341 e. The molecule has 3 rings (SSSR count). The Bertz CT molecular complexity index is 961. The quantitative estimate of drug-likeness (QED) is 0.624. The summed E-state index contributed by atoms with van der Waals surface area (Å²) in [7, 11) is 3.49. The van der Waals surface area contributed by atoms with E-state index in [1.54, 1.807) is 42.4 Å². The Hall–Kier alpha value is -3.54. The second kappa shape index (κ2) is 9.59. The van der Waals surface area contributed by atoms with Gasteiger partial charge in [0.2, 0.25) is 0 Å². The average Bonchev–Trinajstić information content (AvgIpc) is 2.78. The minimum atomic E-state index is -0.171. The maximum Gasteiger partial charge on any atom is 0.255 e. The van der Waals surface area contributed by atoms with E-state index >= 15 is 0 Å². The van der Waals surface area contributed by atoms with Gasteiger partial charge >= 0.3 is 0 Å². The van der Waals surface area contributed by atoms with Gasteiger partial charge in [-0.25, -0.2) is 0 Å². The summed E-state index contributed by atoms with van der Waals surface area (Å²) in [6.45, 7) is 1.05. The molecule has 2 aromatic heterocycles. The van der Waals surface area contributed by atoms with Crippen molar-refractivity contribution in [3.8, 4) is 0 Å². The van der Waals surface area contributed by atoms with Crippen molar-refractivity contribution in [1.82, 2.24) is 19.8 Å². The number of pyridine rings is 2. The number of hydrogen-bond donors (Lipinski definition) is 0. The number of hydrogen-bond acceptors (Lipinski definition) is 4. The Morgan fingerprint density at radius 2 is 1.41 bits per heavy atom. The van der Waals surface area contributed by atoms with Gasteiger partial charge in [0.15, 0.2) is 0 Å². The molecule has 0 radical (unpaired) electrons. The van der Waals surface area contributed by atoms with Gasteiger partial charge in [0.05, 0.1) is 11.1 Å². The van der Waals surface area contributed by atoms with E-state index in [-0.39, 0.29) is 11.8 Å². The second-order valence-corrected chi connectivity index (χ2v) is 6.94. The van der Waals surface area contributed by atoms with Crippen LogP contribution in [0.15, 0.2) is 73.3 Å². The fourth-order valence-electron chi connectivity index (χ4n) is 2.99. The van der Waals surface area contributed by atoms with Gasteiger partial charge in [-0.1, -0.05) is 30.3 Å². The molecule has 2 amide bonds. The highest BCUT2D eigenvalue weighted by Gasteiger charge is 2.17. The number of benzene rings is 1. The van der Waals surface area contributed by atoms with Gasteiger partial charge in [-0.3, -0.25) is 19.6 Å². The summed E-state index contributed by atoms with van der Waals surface area (Å²) in [6, 6.07) is 15.2. The van der Waals surface area contributed by atoms with E-state index in [2.05, 4.69) is 9.97 Å². The van der Waals surface area contributed by atoms with Crippen molar-refractivity contribution < 1.29 is 9.59 Å². The zero-order chi connectivity index (χ0) is 20.6. The SMILES string of the molecule is CN(CCc1ccncc1)C(=O)c1cncc(C(=O)N(C)Cc2ccccc2)c1. The van der Waals surface area contributed by atoms with Crippen molar-refractivity contribution in [2.24, 2.45) is 0 Å². The lowest BCUT2D eigenvalue weighted by molar-refractivity contribution is 0.0784. The summed E-state index contributed by atoms with van der Waals surface area (Å²) in [6.07, 6.45) is 7.21. The molecule has 1 aromatic carbocycles. The molecule has 0 N–H and O–H groups in total. The Kier molecular flexibility index (Phi) is 6.68. The summed E-state index contributed by atoms with van der Waals surface area (Å²) in [5.41, 5.74) is 2.96. The molecule has 0 saturated heterocycles. The maximum absolute atomic E-state index is 12.8. The van der Waals surface area contributed by atoms with E-state index in [0.29, 0.717) is 24.2 Å². The van der Waals surface area contributed by atoms with Crippen molar-refractivity contribution in [2.45, 2.75) is 13.0 Å². The first-order valence-corrected chi connectivity index (χ1v) is 9.43. The summed E-state index contributed by atoms with van der Waals surface area (Å²) < 4.78 is 0. The normalized spacial score (nSPS) is 10.4. The van der Waals surface area contributed by atoms with Crippen LogP contribution in [0.5, 0.6) is 0 Å². The molecule has 6 nitrogen and oxygen atoms in total. The second-order valence-electron chi connectivity index (χ2n) is 6.94. The largest absolute Gasteiger partial charge is 0.341 e. The predicted molar refractivity (Wildman–Crippen MR) is 111 cm³/mol. The molecule has 0 atom stereocenters. The monoisotopic (exact) mass is 388 g/mol. The number of amides is 2. The smallest absolute Gasteiger partial charge is 0.255 e. The van der Waals surface area contributed by atoms with Gasteiger partial charge in [0, 0.05) is 52.0 Å². The molecule has 0 unspecified atom stereocenters. The molecule has 0 fully saturated rings. The molecule has 6 heteroatoms. The zero-order valence-electron chi connectivity index (χ0n) is 16.7. The number of rotatable bonds is 7. The van der Waals surface area contributed by atoms with Crippen molar-refractivity contribution in [3.05, 3.63) is 95.6 Å². The molecular weight excluding hydrogens is 364 g/mol. The minimum absolute atomic E-state index is 0.160. The van der Waals surface area contributed by atoms with Gasteiger partial charge in [0.25, 0.3) is 11.8 Å². The Balaban J connectivity index is 1.64. The molecule has 148 valence electrons. The van der Waals surface area contributed by atoms with Crippen LogP contribution in [0.25, 0.3) is 0 Å². The lowest BCUT2D eigenvalue weighted by atomic mass is 10.1. The lowest BCUT2D eigenvalue weighted by Crippen LogP contribution is -2.30. The standard InChI is InChI=1S/C23H24N4O2/c1-26(13-10-18-8-11-24-12-9-18)22(28)20-14-21(16-25-15-20)23(29)27(2)17-19-6-4-3-5-7-19/h3-9,11-12,14-16H,10,13,17H2,1-2H3. The predicted octanol–water partition coefficient (Wildman–Crippen LogP) is 3.06. The van der Waals surface area contributed by atoms with Crippen molar-refractivity contribution in [1.29, 1.82) is 0 Å². The average molecular weight is 388 g/mol. The fourth-order valence-corrected chi connectivity index (χ4v) is 2.99. The van der Waals surface area contributed by atoms with E-state index < -0.39 is 0 Å². The highest BCUT2D eigenvalue weighted by atomic mass is 16.2. The summed E-state index contributed by atoms with van der Waals surface area (Å²) >= 11 is 0. The first-order chi connectivity index (χ1) is 14.0.